The summed E-state index contributed by atoms with van der Waals surface area (Å²) in [5, 5.41) is 20.8. The molecule has 5 aromatic rings. The Bertz CT molecular complexity index is 1940. The zero-order chi connectivity index (χ0) is 28.3. The van der Waals surface area contributed by atoms with E-state index in [1.807, 2.05) is 37.3 Å². The molecule has 0 saturated carbocycles. The first-order chi connectivity index (χ1) is 20.2. The van der Waals surface area contributed by atoms with Crippen LogP contribution >= 0.6 is 0 Å². The lowest BCUT2D eigenvalue weighted by atomic mass is 9.88. The number of hydrogen-bond acceptors (Lipinski definition) is 3. The van der Waals surface area contributed by atoms with Crippen molar-refractivity contribution in [3.05, 3.63) is 150 Å². The van der Waals surface area contributed by atoms with Gasteiger partial charge in [0.25, 0.3) is 0 Å². The van der Waals surface area contributed by atoms with Crippen LogP contribution in [0.2, 0.25) is 0 Å². The third-order valence-corrected chi connectivity index (χ3v) is 7.68. The zero-order valence-corrected chi connectivity index (χ0v) is 22.9. The highest BCUT2D eigenvalue weighted by atomic mass is 15.1. The van der Waals surface area contributed by atoms with Crippen molar-refractivity contribution in [2.75, 3.05) is 4.90 Å². The Morgan fingerprint density at radius 2 is 1.68 bits per heavy atom. The third kappa shape index (κ3) is 4.42. The van der Waals surface area contributed by atoms with Crippen molar-refractivity contribution < 1.29 is 0 Å². The van der Waals surface area contributed by atoms with Crippen molar-refractivity contribution >= 4 is 22.3 Å². The molecule has 1 aliphatic carbocycles. The number of para-hydroxylation sites is 1. The average Bonchev–Trinajstić information content (AvgIpc) is 3.37. The smallest absolute Gasteiger partial charge is 0.101 e. The van der Waals surface area contributed by atoms with Crippen molar-refractivity contribution in [1.29, 1.82) is 10.5 Å². The Kier molecular flexibility index (Phi) is 6.82. The summed E-state index contributed by atoms with van der Waals surface area (Å²) < 4.78 is 2.20. The Balaban J connectivity index is 1.68. The average molecular weight is 529 g/mol. The SMILES string of the molecule is C=C/C=C\C(=C/C)N(c1ccccc1)c1ccc2c(c1)c1c(n2-c2cc(C#N)ccc2C#N)CCc2ccccc2-1. The monoisotopic (exact) mass is 528 g/mol. The highest BCUT2D eigenvalue weighted by Gasteiger charge is 2.27. The van der Waals surface area contributed by atoms with Crippen LogP contribution in [-0.2, 0) is 12.8 Å². The van der Waals surface area contributed by atoms with Crippen LogP contribution in [0.4, 0.5) is 11.4 Å². The van der Waals surface area contributed by atoms with Crippen molar-refractivity contribution in [2.45, 2.75) is 19.8 Å². The van der Waals surface area contributed by atoms with Crippen LogP contribution in [0.25, 0.3) is 27.7 Å². The van der Waals surface area contributed by atoms with Crippen LogP contribution in [0.1, 0.15) is 29.3 Å². The first-order valence-corrected chi connectivity index (χ1v) is 13.7. The van der Waals surface area contributed by atoms with Crippen LogP contribution in [0, 0.1) is 22.7 Å². The molecule has 0 radical (unpaired) electrons. The second kappa shape index (κ2) is 10.9. The summed E-state index contributed by atoms with van der Waals surface area (Å²) in [6.45, 7) is 5.90. The Morgan fingerprint density at radius 1 is 0.878 bits per heavy atom. The molecule has 41 heavy (non-hydrogen) atoms. The fourth-order valence-electron chi connectivity index (χ4n) is 5.89. The molecule has 1 aliphatic rings. The number of allylic oxidation sites excluding steroid dienone is 4. The van der Waals surface area contributed by atoms with E-state index in [-0.39, 0.29) is 0 Å². The third-order valence-electron chi connectivity index (χ3n) is 7.68. The molecule has 6 rings (SSSR count). The number of rotatable bonds is 6. The van der Waals surface area contributed by atoms with Crippen molar-refractivity contribution in [1.82, 2.24) is 4.57 Å². The van der Waals surface area contributed by atoms with E-state index < -0.39 is 0 Å². The van der Waals surface area contributed by atoms with Crippen LogP contribution < -0.4 is 4.90 Å². The van der Waals surface area contributed by atoms with Gasteiger partial charge in [-0.2, -0.15) is 10.5 Å². The minimum absolute atomic E-state index is 0.532. The molecule has 4 aromatic carbocycles. The molecule has 0 spiro atoms. The molecular weight excluding hydrogens is 500 g/mol. The summed E-state index contributed by atoms with van der Waals surface area (Å²) in [7, 11) is 0. The molecule has 196 valence electrons. The molecule has 0 N–H and O–H groups in total. The second-order valence-electron chi connectivity index (χ2n) is 9.95. The highest BCUT2D eigenvalue weighted by Crippen LogP contribution is 2.45. The van der Waals surface area contributed by atoms with Gasteiger partial charge in [0.05, 0.1) is 28.4 Å². The number of aryl methyl sites for hydroxylation is 1. The van der Waals surface area contributed by atoms with E-state index in [0.29, 0.717) is 11.1 Å². The lowest BCUT2D eigenvalue weighted by molar-refractivity contribution is 0.864. The molecular formula is C37H28N4. The standard InChI is InChI=1S/C37H28N4/c1-3-5-12-29(4-2)40(30-13-7-6-8-14-30)31-19-21-34-33(23-31)37-32-15-10-9-11-27(32)18-20-35(37)41(34)36-22-26(24-38)16-17-28(36)25-39/h3-17,19,21-23H,1,18,20H2,2H3/b12-5-,29-4+. The van der Waals surface area contributed by atoms with E-state index in [1.165, 1.54) is 16.7 Å². The molecule has 0 bridgehead atoms. The summed E-state index contributed by atoms with van der Waals surface area (Å²) in [5.74, 6) is 0. The number of anilines is 2. The first-order valence-electron chi connectivity index (χ1n) is 13.7. The van der Waals surface area contributed by atoms with Crippen molar-refractivity contribution in [2.24, 2.45) is 0 Å². The molecule has 0 unspecified atom stereocenters. The fraction of sp³-hybridized carbons (Fsp3) is 0.0811. The maximum Gasteiger partial charge on any atom is 0.101 e. The summed E-state index contributed by atoms with van der Waals surface area (Å²) in [6, 6.07) is 35.4. The molecule has 0 atom stereocenters. The van der Waals surface area contributed by atoms with Crippen molar-refractivity contribution in [3.8, 4) is 29.0 Å². The molecule has 4 heteroatoms. The molecule has 0 saturated heterocycles. The Morgan fingerprint density at radius 3 is 2.44 bits per heavy atom. The topological polar surface area (TPSA) is 55.8 Å². The normalized spacial score (nSPS) is 12.4. The summed E-state index contributed by atoms with van der Waals surface area (Å²) in [6.07, 6.45) is 9.64. The van der Waals surface area contributed by atoms with E-state index in [9.17, 15) is 10.5 Å². The van der Waals surface area contributed by atoms with Gasteiger partial charge in [-0.05, 0) is 85.5 Å². The van der Waals surface area contributed by atoms with Gasteiger partial charge < -0.3 is 9.47 Å². The van der Waals surface area contributed by atoms with Crippen molar-refractivity contribution in [3.63, 3.8) is 0 Å². The first kappa shape index (κ1) is 25.7. The number of fused-ring (bicyclic) bond motifs is 5. The lowest BCUT2D eigenvalue weighted by Gasteiger charge is -2.26. The summed E-state index contributed by atoms with van der Waals surface area (Å²) >= 11 is 0. The van der Waals surface area contributed by atoms with Gasteiger partial charge in [0.15, 0.2) is 0 Å². The van der Waals surface area contributed by atoms with Gasteiger partial charge in [0.2, 0.25) is 0 Å². The maximum atomic E-state index is 10.0. The second-order valence-corrected chi connectivity index (χ2v) is 9.95. The molecule has 4 nitrogen and oxygen atoms in total. The molecule has 0 amide bonds. The maximum absolute atomic E-state index is 10.0. The summed E-state index contributed by atoms with van der Waals surface area (Å²) in [4.78, 5) is 2.24. The molecule has 0 aliphatic heterocycles. The largest absolute Gasteiger partial charge is 0.312 e. The van der Waals surface area contributed by atoms with Crippen LogP contribution in [0.15, 0.2) is 128 Å². The number of hydrogen-bond donors (Lipinski definition) is 0. The van der Waals surface area contributed by atoms with Crippen LogP contribution in [0.3, 0.4) is 0 Å². The predicted octanol–water partition coefficient (Wildman–Crippen LogP) is 8.92. The predicted molar refractivity (Wildman–Crippen MR) is 167 cm³/mol. The number of benzene rings is 4. The Labute approximate surface area is 240 Å². The van der Waals surface area contributed by atoms with Gasteiger partial charge in [0.1, 0.15) is 6.07 Å². The minimum atomic E-state index is 0.532. The molecule has 1 heterocycles. The van der Waals surface area contributed by atoms with Gasteiger partial charge in [-0.1, -0.05) is 67.3 Å². The van der Waals surface area contributed by atoms with E-state index in [0.717, 1.165) is 52.2 Å². The van der Waals surface area contributed by atoms with E-state index in [4.69, 9.17) is 0 Å². The van der Waals surface area contributed by atoms with E-state index in [2.05, 4.69) is 94.9 Å². The van der Waals surface area contributed by atoms with Crippen LogP contribution in [0.5, 0.6) is 0 Å². The van der Waals surface area contributed by atoms with E-state index in [1.54, 1.807) is 18.2 Å². The lowest BCUT2D eigenvalue weighted by Crippen LogP contribution is -2.15. The fourth-order valence-corrected chi connectivity index (χ4v) is 5.89. The quantitative estimate of drug-likeness (QED) is 0.207. The number of nitrogens with zero attached hydrogens (tertiary/aromatic N) is 4. The van der Waals surface area contributed by atoms with Gasteiger partial charge in [-0.25, -0.2) is 0 Å². The van der Waals surface area contributed by atoms with E-state index >= 15 is 0 Å². The number of nitriles is 2. The van der Waals surface area contributed by atoms with Gasteiger partial charge in [-0.15, -0.1) is 0 Å². The van der Waals surface area contributed by atoms with Crippen LogP contribution in [-0.4, -0.2) is 4.57 Å². The molecule has 0 fully saturated rings. The minimum Gasteiger partial charge on any atom is -0.312 e. The Hall–Kier alpha value is -5.58. The summed E-state index contributed by atoms with van der Waals surface area (Å²) in [5.41, 5.74) is 10.8. The van der Waals surface area contributed by atoms with Gasteiger partial charge in [-0.3, -0.25) is 0 Å². The highest BCUT2D eigenvalue weighted by molar-refractivity contribution is 6.03. The number of aromatic nitrogens is 1. The van der Waals surface area contributed by atoms with Gasteiger partial charge >= 0.3 is 0 Å². The zero-order valence-electron chi connectivity index (χ0n) is 22.9. The van der Waals surface area contributed by atoms with Gasteiger partial charge in [0, 0.05) is 33.7 Å². The molecule has 1 aromatic heterocycles.